The zero-order chi connectivity index (χ0) is 20.0. The molecular formula is C22H32N4O3. The van der Waals surface area contributed by atoms with Gasteiger partial charge in [-0.3, -0.25) is 4.79 Å². The van der Waals surface area contributed by atoms with Crippen LogP contribution in [0.1, 0.15) is 79.8 Å². The number of aromatic nitrogens is 2. The molecule has 0 aromatic carbocycles. The van der Waals surface area contributed by atoms with Gasteiger partial charge in [-0.25, -0.2) is 9.97 Å². The fraction of sp³-hybridized carbons (Fsp3) is 0.773. The predicted octanol–water partition coefficient (Wildman–Crippen LogP) is 2.21. The first-order valence-electron chi connectivity index (χ1n) is 11.3. The van der Waals surface area contributed by atoms with E-state index >= 15 is 0 Å². The summed E-state index contributed by atoms with van der Waals surface area (Å²) >= 11 is 0. The molecule has 0 spiro atoms. The third-order valence-electron chi connectivity index (χ3n) is 7.74. The first-order valence-corrected chi connectivity index (χ1v) is 11.3. The molecule has 5 saturated carbocycles. The van der Waals surface area contributed by atoms with Crippen LogP contribution in [-0.4, -0.2) is 50.9 Å². The van der Waals surface area contributed by atoms with E-state index in [0.717, 1.165) is 50.6 Å². The Kier molecular flexibility index (Phi) is 4.98. The van der Waals surface area contributed by atoms with Crippen LogP contribution < -0.4 is 10.6 Å². The number of nitrogens with one attached hydrogen (secondary N) is 2. The molecule has 3 unspecified atom stereocenters. The standard InChI is InChI=1S/C22H32N4O3/c27-6-5-23-21-24-12-17(19(26-21)14-3-1-2-4-14)20(28)25-18-15-7-13-8-16(18)11-22(29,9-13)10-15/h12-16,18,27,29H,1-11H2,(H,25,28)(H,23,24,26)/t13?,15-,16+,18?,22?. The average Bonchev–Trinajstić information content (AvgIpc) is 3.22. The Bertz CT molecular complexity index is 763. The van der Waals surface area contributed by atoms with E-state index in [2.05, 4.69) is 20.6 Å². The topological polar surface area (TPSA) is 107 Å². The van der Waals surface area contributed by atoms with E-state index in [-0.39, 0.29) is 18.6 Å². The molecule has 29 heavy (non-hydrogen) atoms. The lowest BCUT2D eigenvalue weighted by molar-refractivity contribution is -0.136. The Hall–Kier alpha value is -1.73. The van der Waals surface area contributed by atoms with E-state index in [1.807, 2.05) is 0 Å². The summed E-state index contributed by atoms with van der Waals surface area (Å²) in [5, 5.41) is 26.2. The fourth-order valence-corrected chi connectivity index (χ4v) is 6.78. The number of amides is 1. The van der Waals surface area contributed by atoms with Crippen molar-refractivity contribution in [2.45, 2.75) is 75.3 Å². The van der Waals surface area contributed by atoms with Crippen molar-refractivity contribution in [3.63, 3.8) is 0 Å². The van der Waals surface area contributed by atoms with Gasteiger partial charge in [0.15, 0.2) is 0 Å². The van der Waals surface area contributed by atoms with Crippen molar-refractivity contribution in [2.75, 3.05) is 18.5 Å². The summed E-state index contributed by atoms with van der Waals surface area (Å²) in [6.07, 6.45) is 10.9. The van der Waals surface area contributed by atoms with Gasteiger partial charge < -0.3 is 20.8 Å². The predicted molar refractivity (Wildman–Crippen MR) is 109 cm³/mol. The monoisotopic (exact) mass is 400 g/mol. The lowest BCUT2D eigenvalue weighted by Crippen LogP contribution is -2.61. The molecule has 5 aliphatic rings. The van der Waals surface area contributed by atoms with Crippen LogP contribution >= 0.6 is 0 Å². The molecule has 1 aromatic rings. The van der Waals surface area contributed by atoms with Crippen molar-refractivity contribution < 1.29 is 15.0 Å². The number of anilines is 1. The molecule has 158 valence electrons. The van der Waals surface area contributed by atoms with Gasteiger partial charge in [0.1, 0.15) is 0 Å². The maximum absolute atomic E-state index is 13.3. The first-order chi connectivity index (χ1) is 14.0. The molecule has 0 aliphatic heterocycles. The molecule has 5 fully saturated rings. The number of hydrogen-bond donors (Lipinski definition) is 4. The van der Waals surface area contributed by atoms with Gasteiger partial charge >= 0.3 is 0 Å². The number of carbonyl (C=O) groups excluding carboxylic acids is 1. The van der Waals surface area contributed by atoms with Gasteiger partial charge in [0.2, 0.25) is 5.95 Å². The summed E-state index contributed by atoms with van der Waals surface area (Å²) in [4.78, 5) is 22.3. The highest BCUT2D eigenvalue weighted by Gasteiger charge is 2.55. The molecule has 5 aliphatic carbocycles. The van der Waals surface area contributed by atoms with Gasteiger partial charge in [0.05, 0.1) is 23.5 Å². The maximum Gasteiger partial charge on any atom is 0.254 e. The molecular weight excluding hydrogens is 368 g/mol. The van der Waals surface area contributed by atoms with E-state index in [1.54, 1.807) is 6.20 Å². The van der Waals surface area contributed by atoms with E-state index in [9.17, 15) is 9.90 Å². The van der Waals surface area contributed by atoms with Crippen molar-refractivity contribution in [1.29, 1.82) is 0 Å². The number of hydrogen-bond acceptors (Lipinski definition) is 6. The summed E-state index contributed by atoms with van der Waals surface area (Å²) in [6, 6.07) is 0.156. The molecule has 4 N–H and O–H groups in total. The van der Waals surface area contributed by atoms with Crippen LogP contribution in [-0.2, 0) is 0 Å². The lowest BCUT2D eigenvalue weighted by atomic mass is 9.52. The lowest BCUT2D eigenvalue weighted by Gasteiger charge is -2.58. The van der Waals surface area contributed by atoms with Crippen LogP contribution in [0.5, 0.6) is 0 Å². The molecule has 1 aromatic heterocycles. The quantitative estimate of drug-likeness (QED) is 0.583. The minimum absolute atomic E-state index is 0.0160. The second-order valence-electron chi connectivity index (χ2n) is 9.82. The first kappa shape index (κ1) is 19.2. The molecule has 1 amide bonds. The zero-order valence-electron chi connectivity index (χ0n) is 16.9. The summed E-state index contributed by atoms with van der Waals surface area (Å²) in [7, 11) is 0. The van der Waals surface area contributed by atoms with E-state index in [0.29, 0.717) is 41.7 Å². The Morgan fingerprint density at radius 2 is 1.90 bits per heavy atom. The molecule has 0 radical (unpaired) electrons. The summed E-state index contributed by atoms with van der Waals surface area (Å²) in [5.74, 6) is 2.11. The minimum Gasteiger partial charge on any atom is -0.395 e. The van der Waals surface area contributed by atoms with E-state index < -0.39 is 5.60 Å². The Balaban J connectivity index is 1.36. The normalized spacial score (nSPS) is 35.8. The molecule has 7 heteroatoms. The number of carbonyl (C=O) groups is 1. The van der Waals surface area contributed by atoms with E-state index in [1.165, 1.54) is 12.8 Å². The highest BCUT2D eigenvalue weighted by molar-refractivity contribution is 5.95. The zero-order valence-corrected chi connectivity index (χ0v) is 16.9. The van der Waals surface area contributed by atoms with Crippen LogP contribution in [0.4, 0.5) is 5.95 Å². The average molecular weight is 401 g/mol. The molecule has 0 saturated heterocycles. The second kappa shape index (κ2) is 7.51. The van der Waals surface area contributed by atoms with Crippen LogP contribution in [0.3, 0.4) is 0 Å². The minimum atomic E-state index is -0.490. The maximum atomic E-state index is 13.3. The van der Waals surface area contributed by atoms with Gasteiger partial charge in [-0.1, -0.05) is 12.8 Å². The van der Waals surface area contributed by atoms with Crippen molar-refractivity contribution in [3.8, 4) is 0 Å². The summed E-state index contributed by atoms with van der Waals surface area (Å²) < 4.78 is 0. The Labute approximate surface area is 171 Å². The third kappa shape index (κ3) is 3.63. The smallest absolute Gasteiger partial charge is 0.254 e. The van der Waals surface area contributed by atoms with Gasteiger partial charge in [-0.2, -0.15) is 0 Å². The fourth-order valence-electron chi connectivity index (χ4n) is 6.78. The number of aliphatic hydroxyl groups excluding tert-OH is 1. The van der Waals surface area contributed by atoms with Crippen LogP contribution in [0, 0.1) is 17.8 Å². The van der Waals surface area contributed by atoms with Crippen molar-refractivity contribution in [2.24, 2.45) is 17.8 Å². The van der Waals surface area contributed by atoms with E-state index in [4.69, 9.17) is 5.11 Å². The van der Waals surface area contributed by atoms with Gasteiger partial charge in [-0.05, 0) is 62.7 Å². The highest BCUT2D eigenvalue weighted by Crippen LogP contribution is 2.55. The highest BCUT2D eigenvalue weighted by atomic mass is 16.3. The summed E-state index contributed by atoms with van der Waals surface area (Å²) in [6.45, 7) is 0.410. The number of rotatable bonds is 6. The van der Waals surface area contributed by atoms with Gasteiger partial charge in [0, 0.05) is 24.7 Å². The Morgan fingerprint density at radius 1 is 1.17 bits per heavy atom. The SMILES string of the molecule is O=C(NC1[C@@H]2CC3C[C@H]1CC(O)(C3)C2)c1cnc(NCCO)nc1C1CCCC1. The van der Waals surface area contributed by atoms with Crippen molar-refractivity contribution in [3.05, 3.63) is 17.5 Å². The van der Waals surface area contributed by atoms with Crippen LogP contribution in [0.2, 0.25) is 0 Å². The third-order valence-corrected chi connectivity index (χ3v) is 7.74. The largest absolute Gasteiger partial charge is 0.395 e. The molecule has 5 atom stereocenters. The van der Waals surface area contributed by atoms with Crippen molar-refractivity contribution >= 4 is 11.9 Å². The number of nitrogens with zero attached hydrogens (tertiary/aromatic N) is 2. The Morgan fingerprint density at radius 3 is 2.55 bits per heavy atom. The number of aliphatic hydroxyl groups is 2. The van der Waals surface area contributed by atoms with Gasteiger partial charge in [-0.15, -0.1) is 0 Å². The molecule has 1 heterocycles. The second-order valence-corrected chi connectivity index (χ2v) is 9.82. The van der Waals surface area contributed by atoms with Crippen LogP contribution in [0.15, 0.2) is 6.20 Å². The van der Waals surface area contributed by atoms with Crippen molar-refractivity contribution in [1.82, 2.24) is 15.3 Å². The molecule has 6 rings (SSSR count). The molecule has 7 nitrogen and oxygen atoms in total. The molecule has 4 bridgehead atoms. The van der Waals surface area contributed by atoms with Gasteiger partial charge in [0.25, 0.3) is 5.91 Å². The van der Waals surface area contributed by atoms with Crippen LogP contribution in [0.25, 0.3) is 0 Å². The summed E-state index contributed by atoms with van der Waals surface area (Å²) in [5.41, 5.74) is 0.951.